The van der Waals surface area contributed by atoms with Gasteiger partial charge in [0.2, 0.25) is 0 Å². The molecule has 0 amide bonds. The van der Waals surface area contributed by atoms with Crippen molar-refractivity contribution in [2.24, 2.45) is 0 Å². The molecule has 0 fully saturated rings. The first-order valence-corrected chi connectivity index (χ1v) is 10.2. The predicted molar refractivity (Wildman–Crippen MR) is 124 cm³/mol. The van der Waals surface area contributed by atoms with E-state index >= 15 is 0 Å². The topological polar surface area (TPSA) is 48.4 Å². The Bertz CT molecular complexity index is 1270. The molecule has 0 atom stereocenters. The minimum absolute atomic E-state index is 0.392. The van der Waals surface area contributed by atoms with Gasteiger partial charge in [-0.25, -0.2) is 9.78 Å². The highest BCUT2D eigenvalue weighted by molar-refractivity contribution is 6.06. The Morgan fingerprint density at radius 3 is 2.06 bits per heavy atom. The molecule has 1 aromatic heterocycles. The highest BCUT2D eigenvalue weighted by atomic mass is 16.5. The summed E-state index contributed by atoms with van der Waals surface area (Å²) in [5.41, 5.74) is 7.11. The lowest BCUT2D eigenvalue weighted by molar-refractivity contribution is 0.0736. The molecule has 1 heterocycles. The number of rotatable bonds is 4. The number of methoxy groups -OCH3 is 1. The van der Waals surface area contributed by atoms with Crippen LogP contribution in [0.15, 0.2) is 60.7 Å². The minimum atomic E-state index is -0.392. The van der Waals surface area contributed by atoms with E-state index in [2.05, 4.69) is 6.07 Å². The van der Waals surface area contributed by atoms with E-state index in [0.717, 1.165) is 50.2 Å². The van der Waals surface area contributed by atoms with Gasteiger partial charge < -0.3 is 9.47 Å². The van der Waals surface area contributed by atoms with Gasteiger partial charge in [-0.15, -0.1) is 0 Å². The van der Waals surface area contributed by atoms with Crippen LogP contribution in [0, 0.1) is 27.7 Å². The molecule has 0 aliphatic heterocycles. The highest BCUT2D eigenvalue weighted by Crippen LogP contribution is 2.30. The molecule has 4 aromatic rings. The molecule has 31 heavy (non-hydrogen) atoms. The second-order valence-corrected chi connectivity index (χ2v) is 7.97. The molecule has 0 saturated heterocycles. The standard InChI is InChI=1S/C27H25NO3/c1-16-10-17(2)13-22(12-16)31-27(29)24-15-25(20-6-8-21(30-5)9-7-20)28-26-19(4)11-18(3)14-23(24)26/h6-15H,1-5H3. The number of pyridine rings is 1. The lowest BCUT2D eigenvalue weighted by Gasteiger charge is -2.13. The van der Waals surface area contributed by atoms with Crippen LogP contribution in [0.5, 0.6) is 11.5 Å². The molecule has 0 aliphatic rings. The first-order valence-electron chi connectivity index (χ1n) is 10.2. The van der Waals surface area contributed by atoms with Gasteiger partial charge in [-0.1, -0.05) is 17.7 Å². The molecule has 0 unspecified atom stereocenters. The number of nitrogens with zero attached hydrogens (tertiary/aromatic N) is 1. The summed E-state index contributed by atoms with van der Waals surface area (Å²) in [6.45, 7) is 8.00. The van der Waals surface area contributed by atoms with Crippen molar-refractivity contribution in [3.63, 3.8) is 0 Å². The van der Waals surface area contributed by atoms with Crippen molar-refractivity contribution in [2.45, 2.75) is 27.7 Å². The van der Waals surface area contributed by atoms with Gasteiger partial charge in [0.15, 0.2) is 0 Å². The third-order valence-electron chi connectivity index (χ3n) is 5.26. The van der Waals surface area contributed by atoms with Crippen LogP contribution in [-0.4, -0.2) is 18.1 Å². The number of fused-ring (bicyclic) bond motifs is 1. The Morgan fingerprint density at radius 1 is 0.774 bits per heavy atom. The van der Waals surface area contributed by atoms with Crippen molar-refractivity contribution in [1.29, 1.82) is 0 Å². The summed E-state index contributed by atoms with van der Waals surface area (Å²) in [4.78, 5) is 18.2. The average Bonchev–Trinajstić information content (AvgIpc) is 2.72. The zero-order valence-electron chi connectivity index (χ0n) is 18.4. The van der Waals surface area contributed by atoms with E-state index in [9.17, 15) is 4.79 Å². The Morgan fingerprint density at radius 2 is 1.42 bits per heavy atom. The first-order chi connectivity index (χ1) is 14.8. The van der Waals surface area contributed by atoms with Crippen molar-refractivity contribution in [2.75, 3.05) is 7.11 Å². The maximum absolute atomic E-state index is 13.3. The summed E-state index contributed by atoms with van der Waals surface area (Å²) in [5.74, 6) is 0.922. The van der Waals surface area contributed by atoms with Gasteiger partial charge in [0, 0.05) is 10.9 Å². The van der Waals surface area contributed by atoms with E-state index in [1.807, 2.05) is 82.3 Å². The normalized spacial score (nSPS) is 10.9. The molecular formula is C27H25NO3. The van der Waals surface area contributed by atoms with Crippen molar-refractivity contribution < 1.29 is 14.3 Å². The number of benzene rings is 3. The SMILES string of the molecule is COc1ccc(-c2cc(C(=O)Oc3cc(C)cc(C)c3)c3cc(C)cc(C)c3n2)cc1. The molecule has 0 spiro atoms. The zero-order valence-corrected chi connectivity index (χ0v) is 18.4. The summed E-state index contributed by atoms with van der Waals surface area (Å²) < 4.78 is 11.1. The van der Waals surface area contributed by atoms with Gasteiger partial charge in [-0.2, -0.15) is 0 Å². The smallest absolute Gasteiger partial charge is 0.344 e. The van der Waals surface area contributed by atoms with Gasteiger partial charge in [-0.3, -0.25) is 0 Å². The Hall–Kier alpha value is -3.66. The highest BCUT2D eigenvalue weighted by Gasteiger charge is 2.18. The number of carbonyl (C=O) groups excluding carboxylic acids is 1. The fourth-order valence-corrected chi connectivity index (χ4v) is 3.91. The van der Waals surface area contributed by atoms with Crippen LogP contribution >= 0.6 is 0 Å². The number of aryl methyl sites for hydroxylation is 4. The molecule has 4 nitrogen and oxygen atoms in total. The van der Waals surface area contributed by atoms with E-state index in [1.165, 1.54) is 0 Å². The van der Waals surface area contributed by atoms with Gasteiger partial charge in [0.05, 0.1) is 23.9 Å². The molecule has 0 N–H and O–H groups in total. The molecule has 0 bridgehead atoms. The fourth-order valence-electron chi connectivity index (χ4n) is 3.91. The van der Waals surface area contributed by atoms with Crippen molar-refractivity contribution >= 4 is 16.9 Å². The molecule has 0 saturated carbocycles. The second kappa shape index (κ2) is 8.23. The summed E-state index contributed by atoms with van der Waals surface area (Å²) in [6, 6.07) is 19.3. The quantitative estimate of drug-likeness (QED) is 0.289. The molecule has 4 rings (SSSR count). The molecular weight excluding hydrogens is 386 g/mol. The largest absolute Gasteiger partial charge is 0.497 e. The summed E-state index contributed by atoms with van der Waals surface area (Å²) in [7, 11) is 1.64. The lowest BCUT2D eigenvalue weighted by Crippen LogP contribution is -2.11. The number of carbonyl (C=O) groups is 1. The van der Waals surface area contributed by atoms with Crippen LogP contribution in [0.4, 0.5) is 0 Å². The summed E-state index contributed by atoms with van der Waals surface area (Å²) >= 11 is 0. The van der Waals surface area contributed by atoms with Crippen LogP contribution in [0.25, 0.3) is 22.2 Å². The van der Waals surface area contributed by atoms with E-state index < -0.39 is 5.97 Å². The maximum atomic E-state index is 13.3. The van der Waals surface area contributed by atoms with Gasteiger partial charge in [0.1, 0.15) is 11.5 Å². The first kappa shape index (κ1) is 20.6. The molecule has 156 valence electrons. The monoisotopic (exact) mass is 411 g/mol. The summed E-state index contributed by atoms with van der Waals surface area (Å²) in [6.07, 6.45) is 0. The van der Waals surface area contributed by atoms with Crippen LogP contribution in [0.3, 0.4) is 0 Å². The van der Waals surface area contributed by atoms with Gasteiger partial charge in [-0.05, 0) is 92.9 Å². The van der Waals surface area contributed by atoms with Crippen LogP contribution in [0.2, 0.25) is 0 Å². The third-order valence-corrected chi connectivity index (χ3v) is 5.26. The molecule has 0 aliphatic carbocycles. The van der Waals surface area contributed by atoms with Gasteiger partial charge in [0.25, 0.3) is 0 Å². The number of aromatic nitrogens is 1. The van der Waals surface area contributed by atoms with Gasteiger partial charge >= 0.3 is 5.97 Å². The van der Waals surface area contributed by atoms with Crippen molar-refractivity contribution in [3.05, 3.63) is 88.5 Å². The number of hydrogen-bond acceptors (Lipinski definition) is 4. The van der Waals surface area contributed by atoms with Crippen LogP contribution in [0.1, 0.15) is 32.6 Å². The third kappa shape index (κ3) is 4.29. The zero-order chi connectivity index (χ0) is 22.1. The number of esters is 1. The van der Waals surface area contributed by atoms with Crippen molar-refractivity contribution in [3.8, 4) is 22.8 Å². The molecule has 0 radical (unpaired) electrons. The van der Waals surface area contributed by atoms with Crippen molar-refractivity contribution in [1.82, 2.24) is 4.98 Å². The summed E-state index contributed by atoms with van der Waals surface area (Å²) in [5, 5.41) is 0.795. The van der Waals surface area contributed by atoms with E-state index in [0.29, 0.717) is 11.3 Å². The second-order valence-electron chi connectivity index (χ2n) is 7.97. The Kier molecular flexibility index (Phi) is 5.47. The number of ether oxygens (including phenoxy) is 2. The van der Waals surface area contributed by atoms with Crippen LogP contribution in [-0.2, 0) is 0 Å². The maximum Gasteiger partial charge on any atom is 0.344 e. The Balaban J connectivity index is 1.86. The fraction of sp³-hybridized carbons (Fsp3) is 0.185. The molecule has 4 heteroatoms. The molecule has 3 aromatic carbocycles. The van der Waals surface area contributed by atoms with E-state index in [1.54, 1.807) is 7.11 Å². The van der Waals surface area contributed by atoms with E-state index in [4.69, 9.17) is 14.5 Å². The number of hydrogen-bond donors (Lipinski definition) is 0. The minimum Gasteiger partial charge on any atom is -0.497 e. The van der Waals surface area contributed by atoms with E-state index in [-0.39, 0.29) is 0 Å². The average molecular weight is 412 g/mol. The van der Waals surface area contributed by atoms with Crippen LogP contribution < -0.4 is 9.47 Å². The lowest BCUT2D eigenvalue weighted by atomic mass is 10.00. The Labute approximate surface area is 182 Å². The predicted octanol–water partition coefficient (Wildman–Crippen LogP) is 6.36.